The van der Waals surface area contributed by atoms with Crippen LogP contribution in [0.3, 0.4) is 0 Å². The fraction of sp³-hybridized carbons (Fsp3) is 0.448. The van der Waals surface area contributed by atoms with Crippen LogP contribution >= 0.6 is 34.0 Å². The molecular weight excluding hydrogens is 600 g/mol. The van der Waals surface area contributed by atoms with Gasteiger partial charge in [-0.2, -0.15) is 0 Å². The van der Waals surface area contributed by atoms with Crippen molar-refractivity contribution in [2.45, 2.75) is 86.7 Å². The molecule has 0 spiro atoms. The number of halogens is 2. The number of unbranched alkanes of at least 4 members (excludes halogenated alkanes) is 3. The van der Waals surface area contributed by atoms with E-state index in [4.69, 9.17) is 0 Å². The van der Waals surface area contributed by atoms with E-state index in [0.29, 0.717) is 11.4 Å². The van der Waals surface area contributed by atoms with Crippen molar-refractivity contribution in [1.29, 1.82) is 0 Å². The molecular formula is C29H38Br2N2O2S. The Bertz CT molecular complexity index is 1230. The molecule has 2 N–H and O–H groups in total. The number of hydrogen-bond acceptors (Lipinski definition) is 4. The fourth-order valence-corrected chi connectivity index (χ4v) is 7.98. The van der Waals surface area contributed by atoms with E-state index in [-0.39, 0.29) is 52.1 Å². The monoisotopic (exact) mass is 636 g/mol. The predicted octanol–water partition coefficient (Wildman–Crippen LogP) is 6.55. The SMILES string of the molecule is Br.Br.CCCCCCc1ccc(S(=O)(=O)[C@H]2[C@H](NCc3ccc4ccccc4c3)[C@H]3CC[C@@H]2N3)cc1. The summed E-state index contributed by atoms with van der Waals surface area (Å²) in [6.45, 7) is 2.89. The van der Waals surface area contributed by atoms with E-state index < -0.39 is 15.1 Å². The molecule has 0 amide bonds. The molecule has 196 valence electrons. The van der Waals surface area contributed by atoms with Crippen LogP contribution < -0.4 is 10.6 Å². The summed E-state index contributed by atoms with van der Waals surface area (Å²) >= 11 is 0. The van der Waals surface area contributed by atoms with Gasteiger partial charge in [0.05, 0.1) is 10.1 Å². The van der Waals surface area contributed by atoms with Gasteiger partial charge in [0, 0.05) is 24.7 Å². The van der Waals surface area contributed by atoms with E-state index in [1.165, 1.54) is 41.2 Å². The molecule has 2 fully saturated rings. The number of fused-ring (bicyclic) bond motifs is 3. The Morgan fingerprint density at radius 3 is 2.28 bits per heavy atom. The van der Waals surface area contributed by atoms with Crippen LogP contribution in [0.1, 0.15) is 56.6 Å². The maximum atomic E-state index is 13.8. The van der Waals surface area contributed by atoms with Gasteiger partial charge in [-0.05, 0) is 65.8 Å². The summed E-state index contributed by atoms with van der Waals surface area (Å²) in [5.41, 5.74) is 2.41. The molecule has 3 aromatic rings. The smallest absolute Gasteiger partial charge is 0.184 e. The van der Waals surface area contributed by atoms with E-state index >= 15 is 0 Å². The van der Waals surface area contributed by atoms with Crippen LogP contribution in [0.15, 0.2) is 71.6 Å². The van der Waals surface area contributed by atoms with Crippen LogP contribution in [0.25, 0.3) is 10.8 Å². The number of hydrogen-bond donors (Lipinski definition) is 2. The molecule has 5 rings (SSSR count). The summed E-state index contributed by atoms with van der Waals surface area (Å²) in [6, 6.07) is 22.7. The maximum absolute atomic E-state index is 13.8. The third-order valence-electron chi connectivity index (χ3n) is 7.69. The highest BCUT2D eigenvalue weighted by atomic mass is 79.9. The van der Waals surface area contributed by atoms with Gasteiger partial charge in [0.1, 0.15) is 0 Å². The number of benzene rings is 3. The lowest BCUT2D eigenvalue weighted by molar-refractivity contribution is 0.409. The number of nitrogens with one attached hydrogen (secondary N) is 2. The number of rotatable bonds is 10. The molecule has 2 aliphatic heterocycles. The molecule has 0 saturated carbocycles. The zero-order valence-electron chi connectivity index (χ0n) is 20.9. The van der Waals surface area contributed by atoms with Crippen molar-refractivity contribution >= 4 is 54.6 Å². The average molecular weight is 639 g/mol. The zero-order chi connectivity index (χ0) is 23.5. The molecule has 2 heterocycles. The highest BCUT2D eigenvalue weighted by Gasteiger charge is 2.53. The predicted molar refractivity (Wildman–Crippen MR) is 160 cm³/mol. The largest absolute Gasteiger partial charge is 0.308 e. The van der Waals surface area contributed by atoms with E-state index in [9.17, 15) is 8.42 Å². The minimum absolute atomic E-state index is 0. The first-order valence-electron chi connectivity index (χ1n) is 12.9. The second-order valence-corrected chi connectivity index (χ2v) is 12.1. The molecule has 0 unspecified atom stereocenters. The Morgan fingerprint density at radius 1 is 0.833 bits per heavy atom. The van der Waals surface area contributed by atoms with Gasteiger partial charge in [-0.25, -0.2) is 8.42 Å². The van der Waals surface area contributed by atoms with Crippen LogP contribution in [0.5, 0.6) is 0 Å². The molecule has 2 saturated heterocycles. The standard InChI is InChI=1S/C29H36N2O2S.2BrH/c1-2-3-4-5-8-21-12-15-25(16-13-21)34(32,33)29-27-18-17-26(31-27)28(29)30-20-22-11-14-23-9-6-7-10-24(23)19-22;;/h6-7,9-16,19,26-31H,2-5,8,17-18,20H2,1H3;2*1H/t26-,27+,28-,29-;;/m1../s1. The maximum Gasteiger partial charge on any atom is 0.184 e. The first kappa shape index (κ1) is 29.3. The summed E-state index contributed by atoms with van der Waals surface area (Å²) < 4.78 is 27.5. The lowest BCUT2D eigenvalue weighted by Crippen LogP contribution is -2.50. The molecule has 7 heteroatoms. The normalized spacial score (nSPS) is 22.8. The van der Waals surface area contributed by atoms with E-state index in [2.05, 4.69) is 60.0 Å². The first-order chi connectivity index (χ1) is 16.6. The van der Waals surface area contributed by atoms with Gasteiger partial charge in [-0.15, -0.1) is 34.0 Å². The van der Waals surface area contributed by atoms with Gasteiger partial charge in [0.25, 0.3) is 0 Å². The van der Waals surface area contributed by atoms with E-state index in [1.807, 2.05) is 24.3 Å². The van der Waals surface area contributed by atoms with Crippen molar-refractivity contribution in [3.8, 4) is 0 Å². The zero-order valence-corrected chi connectivity index (χ0v) is 25.1. The van der Waals surface area contributed by atoms with Crippen molar-refractivity contribution in [2.24, 2.45) is 0 Å². The quantitative estimate of drug-likeness (QED) is 0.248. The fourth-order valence-electron chi connectivity index (χ4n) is 5.83. The molecule has 2 aliphatic rings. The summed E-state index contributed by atoms with van der Waals surface area (Å²) in [6.07, 6.45) is 7.87. The van der Waals surface area contributed by atoms with E-state index in [0.717, 1.165) is 25.7 Å². The van der Waals surface area contributed by atoms with Crippen LogP contribution in [0.2, 0.25) is 0 Å². The molecule has 4 atom stereocenters. The molecule has 0 aromatic heterocycles. The van der Waals surface area contributed by atoms with Crippen LogP contribution in [0, 0.1) is 0 Å². The van der Waals surface area contributed by atoms with Gasteiger partial charge in [0.15, 0.2) is 9.84 Å². The lowest BCUT2D eigenvalue weighted by Gasteiger charge is -2.30. The molecule has 2 bridgehead atoms. The van der Waals surface area contributed by atoms with Gasteiger partial charge < -0.3 is 10.6 Å². The third kappa shape index (κ3) is 6.24. The van der Waals surface area contributed by atoms with Gasteiger partial charge in [-0.1, -0.05) is 74.7 Å². The first-order valence-corrected chi connectivity index (χ1v) is 14.4. The summed E-state index contributed by atoms with van der Waals surface area (Å²) in [5.74, 6) is 0. The highest BCUT2D eigenvalue weighted by molar-refractivity contribution is 8.93. The molecule has 36 heavy (non-hydrogen) atoms. The second kappa shape index (κ2) is 13.0. The topological polar surface area (TPSA) is 58.2 Å². The molecule has 4 nitrogen and oxygen atoms in total. The molecule has 0 aliphatic carbocycles. The van der Waals surface area contributed by atoms with Crippen molar-refractivity contribution in [3.05, 3.63) is 77.9 Å². The Labute approximate surface area is 237 Å². The van der Waals surface area contributed by atoms with Gasteiger partial charge in [-0.3, -0.25) is 0 Å². The second-order valence-electron chi connectivity index (χ2n) is 10.0. The van der Waals surface area contributed by atoms with Gasteiger partial charge in [0.2, 0.25) is 0 Å². The van der Waals surface area contributed by atoms with Crippen molar-refractivity contribution in [2.75, 3.05) is 0 Å². The Kier molecular flexibility index (Phi) is 10.6. The van der Waals surface area contributed by atoms with E-state index in [1.54, 1.807) is 0 Å². The summed E-state index contributed by atoms with van der Waals surface area (Å²) in [4.78, 5) is 0.460. The van der Waals surface area contributed by atoms with Crippen molar-refractivity contribution in [3.63, 3.8) is 0 Å². The summed E-state index contributed by atoms with van der Waals surface area (Å²) in [5, 5.41) is 9.22. The highest BCUT2D eigenvalue weighted by Crippen LogP contribution is 2.36. The van der Waals surface area contributed by atoms with Crippen molar-refractivity contribution in [1.82, 2.24) is 10.6 Å². The van der Waals surface area contributed by atoms with Gasteiger partial charge >= 0.3 is 0 Å². The minimum atomic E-state index is -3.43. The number of sulfone groups is 1. The Morgan fingerprint density at radius 2 is 1.53 bits per heavy atom. The summed E-state index contributed by atoms with van der Waals surface area (Å²) in [7, 11) is -3.43. The van der Waals surface area contributed by atoms with Crippen LogP contribution in [-0.2, 0) is 22.8 Å². The Balaban J connectivity index is 0.00000180. The van der Waals surface area contributed by atoms with Crippen molar-refractivity contribution < 1.29 is 8.42 Å². The average Bonchev–Trinajstić information content (AvgIpc) is 3.48. The lowest BCUT2D eigenvalue weighted by atomic mass is 9.94. The minimum Gasteiger partial charge on any atom is -0.308 e. The van der Waals surface area contributed by atoms with Crippen LogP contribution in [-0.4, -0.2) is 31.8 Å². The molecule has 3 aromatic carbocycles. The number of aryl methyl sites for hydroxylation is 1. The van der Waals surface area contributed by atoms with Crippen LogP contribution in [0.4, 0.5) is 0 Å². The third-order valence-corrected chi connectivity index (χ3v) is 9.95. The molecule has 0 radical (unpaired) electrons. The Hall–Kier alpha value is -1.25.